The maximum atomic E-state index is 13.9. The Kier molecular flexibility index (Phi) is 3.85. The number of hydrogen-bond acceptors (Lipinski definition) is 5. The van der Waals surface area contributed by atoms with E-state index in [9.17, 15) is 36.6 Å². The number of rotatable bonds is 2. The van der Waals surface area contributed by atoms with Crippen molar-refractivity contribution in [3.05, 3.63) is 45.1 Å². The van der Waals surface area contributed by atoms with Gasteiger partial charge in [-0.15, -0.1) is 5.06 Å². The molecule has 1 unspecified atom stereocenters. The smallest absolute Gasteiger partial charge is 0.461 e. The number of halogens is 6. The third kappa shape index (κ3) is 2.18. The summed E-state index contributed by atoms with van der Waals surface area (Å²) in [6.45, 7) is 0. The molecule has 1 N–H and O–H groups in total. The number of amides is 1. The number of allylic oxidation sites excluding steroid dienone is 1. The second kappa shape index (κ2) is 5.39. The molecular weight excluding hydrogens is 437 g/mol. The van der Waals surface area contributed by atoms with E-state index in [1.807, 2.05) is 0 Å². The zero-order valence-corrected chi connectivity index (χ0v) is 14.1. The van der Waals surface area contributed by atoms with Crippen molar-refractivity contribution in [1.29, 1.82) is 0 Å². The van der Waals surface area contributed by atoms with Gasteiger partial charge in [-0.25, -0.2) is 4.79 Å². The summed E-state index contributed by atoms with van der Waals surface area (Å²) in [5.41, 5.74) is -5.20. The monoisotopic (exact) mass is 443 g/mol. The Morgan fingerprint density at radius 2 is 1.92 bits per heavy atom. The van der Waals surface area contributed by atoms with Gasteiger partial charge >= 0.3 is 18.1 Å². The van der Waals surface area contributed by atoms with Gasteiger partial charge in [0.05, 0.1) is 12.7 Å². The summed E-state index contributed by atoms with van der Waals surface area (Å²) >= 11 is 3.02. The fourth-order valence-corrected chi connectivity index (χ4v) is 3.04. The van der Waals surface area contributed by atoms with Gasteiger partial charge in [-0.2, -0.15) is 22.0 Å². The number of aliphatic hydroxyl groups is 1. The Morgan fingerprint density at radius 1 is 1.31 bits per heavy atom. The van der Waals surface area contributed by atoms with Crippen LogP contribution in [-0.2, 0) is 20.1 Å². The van der Waals surface area contributed by atoms with Crippen molar-refractivity contribution < 1.29 is 46.2 Å². The molecule has 2 aliphatic heterocycles. The number of esters is 1. The fourth-order valence-electron chi connectivity index (χ4n) is 2.68. The molecule has 0 aromatic heterocycles. The predicted octanol–water partition coefficient (Wildman–Crippen LogP) is 2.62. The molecule has 2 aliphatic rings. The van der Waals surface area contributed by atoms with Crippen molar-refractivity contribution in [1.82, 2.24) is 5.06 Å². The van der Waals surface area contributed by atoms with Gasteiger partial charge in [0, 0.05) is 10.0 Å². The second-order valence-corrected chi connectivity index (χ2v) is 6.24. The Morgan fingerprint density at radius 3 is 2.46 bits per heavy atom. The lowest BCUT2D eigenvalue weighted by atomic mass is 9.92. The number of carbonyl (C=O) groups excluding carboxylic acids is 2. The van der Waals surface area contributed by atoms with Gasteiger partial charge in [-0.1, -0.05) is 15.9 Å². The van der Waals surface area contributed by atoms with E-state index >= 15 is 0 Å². The summed E-state index contributed by atoms with van der Waals surface area (Å²) in [7, 11) is 0.712. The van der Waals surface area contributed by atoms with Crippen LogP contribution in [0.5, 0.6) is 0 Å². The molecule has 0 bridgehead atoms. The van der Waals surface area contributed by atoms with Gasteiger partial charge in [-0.3, -0.25) is 4.79 Å². The van der Waals surface area contributed by atoms with Crippen molar-refractivity contribution in [3.8, 4) is 0 Å². The van der Waals surface area contributed by atoms with Crippen LogP contribution in [0.1, 0.15) is 15.9 Å². The molecule has 1 amide bonds. The number of carbonyl (C=O) groups is 2. The van der Waals surface area contributed by atoms with E-state index in [2.05, 4.69) is 25.5 Å². The van der Waals surface area contributed by atoms with Gasteiger partial charge in [0.2, 0.25) is 11.5 Å². The number of methoxy groups -OCH3 is 1. The molecule has 0 fully saturated rings. The predicted molar refractivity (Wildman–Crippen MR) is 75.3 cm³/mol. The first kappa shape index (κ1) is 18.6. The number of alkyl halides is 5. The Bertz CT molecular complexity index is 868. The standard InChI is InChI=1S/C14H7BrF5NO5/c1-25-11(23)8-9(13(16,17)14(18,19)20)26-21-10(22)6-3-2-5(15)4-7(6)12(8,21)24/h2-4,24H,1H3. The first-order chi connectivity index (χ1) is 11.9. The van der Waals surface area contributed by atoms with Crippen LogP contribution in [0.15, 0.2) is 34.0 Å². The molecule has 2 heterocycles. The summed E-state index contributed by atoms with van der Waals surface area (Å²) in [6, 6.07) is 3.64. The van der Waals surface area contributed by atoms with Crippen LogP contribution < -0.4 is 0 Å². The van der Waals surface area contributed by atoms with Gasteiger partial charge in [0.1, 0.15) is 5.57 Å². The Hall–Kier alpha value is -2.21. The molecule has 1 atom stereocenters. The van der Waals surface area contributed by atoms with E-state index in [0.29, 0.717) is 7.11 Å². The van der Waals surface area contributed by atoms with Crippen LogP contribution in [-0.4, -0.2) is 41.3 Å². The maximum Gasteiger partial charge on any atom is 0.461 e. The Balaban J connectivity index is 2.33. The molecule has 0 aliphatic carbocycles. The highest BCUT2D eigenvalue weighted by molar-refractivity contribution is 9.10. The summed E-state index contributed by atoms with van der Waals surface area (Å²) < 4.78 is 70.6. The van der Waals surface area contributed by atoms with Crippen LogP contribution in [0.4, 0.5) is 22.0 Å². The number of fused-ring (bicyclic) bond motifs is 3. The van der Waals surface area contributed by atoms with Crippen LogP contribution in [0.3, 0.4) is 0 Å². The first-order valence-corrected chi connectivity index (χ1v) is 7.49. The number of hydrogen-bond donors (Lipinski definition) is 1. The zero-order chi connectivity index (χ0) is 19.7. The average molecular weight is 444 g/mol. The molecular formula is C14H7BrF5NO5. The number of nitrogens with zero attached hydrogens (tertiary/aromatic N) is 1. The SMILES string of the molecule is COC(=O)C1=C(C(F)(F)C(F)(F)F)ON2C(=O)c3ccc(Br)cc3C12O. The van der Waals surface area contributed by atoms with E-state index in [0.717, 1.165) is 6.07 Å². The van der Waals surface area contributed by atoms with Crippen LogP contribution in [0, 0.1) is 0 Å². The van der Waals surface area contributed by atoms with Crippen molar-refractivity contribution >= 4 is 27.8 Å². The summed E-state index contributed by atoms with van der Waals surface area (Å²) in [4.78, 5) is 28.6. The fraction of sp³-hybridized carbons (Fsp3) is 0.286. The van der Waals surface area contributed by atoms with Gasteiger partial charge < -0.3 is 14.7 Å². The molecule has 26 heavy (non-hydrogen) atoms. The second-order valence-electron chi connectivity index (χ2n) is 5.32. The Labute approximate surface area is 149 Å². The topological polar surface area (TPSA) is 76.1 Å². The molecule has 3 rings (SSSR count). The molecule has 0 saturated heterocycles. The number of hydroxylamine groups is 2. The van der Waals surface area contributed by atoms with E-state index in [-0.39, 0.29) is 15.1 Å². The lowest BCUT2D eigenvalue weighted by molar-refractivity contribution is -0.291. The maximum absolute atomic E-state index is 13.9. The van der Waals surface area contributed by atoms with E-state index in [1.54, 1.807) is 0 Å². The van der Waals surface area contributed by atoms with Crippen molar-refractivity contribution in [2.45, 2.75) is 17.8 Å². The van der Waals surface area contributed by atoms with Crippen molar-refractivity contribution in [2.75, 3.05) is 7.11 Å². The largest absolute Gasteiger partial charge is 0.465 e. The van der Waals surface area contributed by atoms with Gasteiger partial charge in [0.15, 0.2) is 0 Å². The van der Waals surface area contributed by atoms with Crippen LogP contribution in [0.25, 0.3) is 0 Å². The number of benzene rings is 1. The lowest BCUT2D eigenvalue weighted by Gasteiger charge is -2.25. The van der Waals surface area contributed by atoms with Crippen molar-refractivity contribution in [3.63, 3.8) is 0 Å². The molecule has 0 spiro atoms. The molecule has 6 nitrogen and oxygen atoms in total. The minimum atomic E-state index is -6.15. The minimum absolute atomic E-state index is 0.106. The summed E-state index contributed by atoms with van der Waals surface area (Å²) in [6.07, 6.45) is -6.15. The quantitative estimate of drug-likeness (QED) is 0.561. The first-order valence-electron chi connectivity index (χ1n) is 6.70. The molecule has 0 radical (unpaired) electrons. The normalized spacial score (nSPS) is 22.3. The van der Waals surface area contributed by atoms with E-state index in [4.69, 9.17) is 0 Å². The molecule has 140 valence electrons. The summed E-state index contributed by atoms with van der Waals surface area (Å²) in [5, 5.41) is 10.7. The van der Waals surface area contributed by atoms with Crippen LogP contribution in [0.2, 0.25) is 0 Å². The number of ether oxygens (including phenoxy) is 1. The van der Waals surface area contributed by atoms with E-state index < -0.39 is 46.6 Å². The highest BCUT2D eigenvalue weighted by Gasteiger charge is 2.71. The van der Waals surface area contributed by atoms with E-state index in [1.165, 1.54) is 12.1 Å². The highest BCUT2D eigenvalue weighted by Crippen LogP contribution is 2.55. The third-order valence-electron chi connectivity index (χ3n) is 3.85. The molecule has 12 heteroatoms. The van der Waals surface area contributed by atoms with Crippen molar-refractivity contribution in [2.24, 2.45) is 0 Å². The van der Waals surface area contributed by atoms with Crippen LogP contribution >= 0.6 is 15.9 Å². The lowest BCUT2D eigenvalue weighted by Crippen LogP contribution is -2.42. The molecule has 1 aromatic carbocycles. The minimum Gasteiger partial charge on any atom is -0.465 e. The van der Waals surface area contributed by atoms with Gasteiger partial charge in [0.25, 0.3) is 5.91 Å². The highest BCUT2D eigenvalue weighted by atomic mass is 79.9. The molecule has 1 aromatic rings. The van der Waals surface area contributed by atoms with Gasteiger partial charge in [-0.05, 0) is 18.2 Å². The average Bonchev–Trinajstić information content (AvgIpc) is 2.96. The molecule has 0 saturated carbocycles. The third-order valence-corrected chi connectivity index (χ3v) is 4.35. The summed E-state index contributed by atoms with van der Waals surface area (Å²) in [5.74, 6) is -10.8. The zero-order valence-electron chi connectivity index (χ0n) is 12.5.